The van der Waals surface area contributed by atoms with Gasteiger partial charge in [-0.3, -0.25) is 9.59 Å². The number of para-hydroxylation sites is 1. The first-order valence-corrected chi connectivity index (χ1v) is 9.10. The quantitative estimate of drug-likeness (QED) is 0.756. The number of likely N-dealkylation sites (N-methyl/N-ethyl adjacent to an activating group) is 1. The van der Waals surface area contributed by atoms with E-state index in [-0.39, 0.29) is 24.3 Å². The Balaban J connectivity index is 1.93. The number of ether oxygens (including phenoxy) is 1. The molecule has 0 bridgehead atoms. The predicted molar refractivity (Wildman–Crippen MR) is 101 cm³/mol. The van der Waals surface area contributed by atoms with Gasteiger partial charge in [0.2, 0.25) is 0 Å². The lowest BCUT2D eigenvalue weighted by Gasteiger charge is -2.22. The van der Waals surface area contributed by atoms with Crippen LogP contribution in [0.2, 0.25) is 0 Å². The molecule has 1 atom stereocenters. The minimum absolute atomic E-state index is 0.173. The highest BCUT2D eigenvalue weighted by atomic mass is 32.1. The van der Waals surface area contributed by atoms with E-state index in [2.05, 4.69) is 5.32 Å². The summed E-state index contributed by atoms with van der Waals surface area (Å²) in [6, 6.07) is 11.7. The molecule has 6 nitrogen and oxygen atoms in total. The van der Waals surface area contributed by atoms with Crippen molar-refractivity contribution in [2.75, 3.05) is 18.6 Å². The van der Waals surface area contributed by atoms with E-state index in [1.54, 1.807) is 50.5 Å². The highest BCUT2D eigenvalue weighted by molar-refractivity contribution is 7.12. The molecule has 1 heterocycles. The van der Waals surface area contributed by atoms with Crippen LogP contribution in [0.15, 0.2) is 47.8 Å². The molecule has 0 saturated carbocycles. The van der Waals surface area contributed by atoms with Crippen molar-refractivity contribution in [3.63, 3.8) is 0 Å². The highest BCUT2D eigenvalue weighted by Crippen LogP contribution is 2.13. The smallest absolute Gasteiger partial charge is 0.329 e. The van der Waals surface area contributed by atoms with Gasteiger partial charge in [0.25, 0.3) is 11.8 Å². The second kappa shape index (κ2) is 9.15. The fourth-order valence-corrected chi connectivity index (χ4v) is 2.86. The minimum Gasteiger partial charge on any atom is -0.454 e. The monoisotopic (exact) mass is 374 g/mol. The molecule has 0 aliphatic heterocycles. The van der Waals surface area contributed by atoms with Crippen LogP contribution in [0.3, 0.4) is 0 Å². The highest BCUT2D eigenvalue weighted by Gasteiger charge is 2.27. The van der Waals surface area contributed by atoms with Gasteiger partial charge >= 0.3 is 5.97 Å². The second-order valence-electron chi connectivity index (χ2n) is 6.07. The summed E-state index contributed by atoms with van der Waals surface area (Å²) in [6.45, 7) is 3.22. The SMILES string of the molecule is CC(C)[C@@H](NC(=O)c1cccs1)C(=O)OCC(=O)N(C)c1ccccc1. The lowest BCUT2D eigenvalue weighted by atomic mass is 10.0. The van der Waals surface area contributed by atoms with Crippen molar-refractivity contribution in [3.8, 4) is 0 Å². The summed E-state index contributed by atoms with van der Waals surface area (Å²) < 4.78 is 5.15. The zero-order valence-corrected chi connectivity index (χ0v) is 15.8. The Morgan fingerprint density at radius 2 is 1.81 bits per heavy atom. The fraction of sp³-hybridized carbons (Fsp3) is 0.316. The fourth-order valence-electron chi connectivity index (χ4n) is 2.23. The van der Waals surface area contributed by atoms with E-state index in [9.17, 15) is 14.4 Å². The third-order valence-electron chi connectivity index (χ3n) is 3.81. The Hall–Kier alpha value is -2.67. The number of carbonyl (C=O) groups is 3. The van der Waals surface area contributed by atoms with Gasteiger partial charge in [-0.25, -0.2) is 4.79 Å². The van der Waals surface area contributed by atoms with E-state index in [0.29, 0.717) is 10.6 Å². The topological polar surface area (TPSA) is 75.7 Å². The Kier molecular flexibility index (Phi) is 6.91. The molecule has 1 N–H and O–H groups in total. The maximum Gasteiger partial charge on any atom is 0.329 e. The summed E-state index contributed by atoms with van der Waals surface area (Å²) in [5, 5.41) is 4.46. The molecule has 2 rings (SSSR count). The summed E-state index contributed by atoms with van der Waals surface area (Å²) in [5.41, 5.74) is 0.708. The van der Waals surface area contributed by atoms with Gasteiger partial charge in [0.1, 0.15) is 6.04 Å². The second-order valence-corrected chi connectivity index (χ2v) is 7.02. The first-order valence-electron chi connectivity index (χ1n) is 8.22. The van der Waals surface area contributed by atoms with Gasteiger partial charge in [0.05, 0.1) is 4.88 Å². The number of carbonyl (C=O) groups excluding carboxylic acids is 3. The minimum atomic E-state index is -0.820. The maximum absolute atomic E-state index is 12.3. The number of thiophene rings is 1. The van der Waals surface area contributed by atoms with Crippen molar-refractivity contribution < 1.29 is 19.1 Å². The van der Waals surface area contributed by atoms with E-state index >= 15 is 0 Å². The third-order valence-corrected chi connectivity index (χ3v) is 4.68. The molecule has 0 spiro atoms. The van der Waals surface area contributed by atoms with Gasteiger partial charge in [0, 0.05) is 12.7 Å². The zero-order chi connectivity index (χ0) is 19.1. The number of esters is 1. The van der Waals surface area contributed by atoms with Crippen molar-refractivity contribution in [2.45, 2.75) is 19.9 Å². The van der Waals surface area contributed by atoms with Gasteiger partial charge in [-0.1, -0.05) is 38.1 Å². The number of rotatable bonds is 7. The Bertz CT molecular complexity index is 744. The van der Waals surface area contributed by atoms with Crippen LogP contribution in [0.1, 0.15) is 23.5 Å². The molecule has 7 heteroatoms. The zero-order valence-electron chi connectivity index (χ0n) is 15.0. The van der Waals surface area contributed by atoms with Gasteiger partial charge in [-0.2, -0.15) is 0 Å². The molecule has 0 saturated heterocycles. The van der Waals surface area contributed by atoms with E-state index in [0.717, 1.165) is 0 Å². The number of benzene rings is 1. The molecule has 0 unspecified atom stereocenters. The van der Waals surface area contributed by atoms with Crippen LogP contribution in [0.5, 0.6) is 0 Å². The molecule has 2 aromatic rings. The molecule has 1 aromatic heterocycles. The van der Waals surface area contributed by atoms with Gasteiger partial charge in [-0.15, -0.1) is 11.3 Å². The summed E-state index contributed by atoms with van der Waals surface area (Å²) >= 11 is 1.29. The van der Waals surface area contributed by atoms with E-state index in [4.69, 9.17) is 4.74 Å². The molecule has 0 aliphatic carbocycles. The first kappa shape index (κ1) is 19.7. The molecule has 0 aliphatic rings. The first-order chi connectivity index (χ1) is 12.4. The van der Waals surface area contributed by atoms with Crippen LogP contribution in [0, 0.1) is 5.92 Å². The van der Waals surface area contributed by atoms with Crippen LogP contribution < -0.4 is 10.2 Å². The van der Waals surface area contributed by atoms with Gasteiger partial charge < -0.3 is 15.0 Å². The molecule has 26 heavy (non-hydrogen) atoms. The summed E-state index contributed by atoms with van der Waals surface area (Å²) in [7, 11) is 1.62. The van der Waals surface area contributed by atoms with E-state index < -0.39 is 12.0 Å². The maximum atomic E-state index is 12.3. The van der Waals surface area contributed by atoms with E-state index in [1.807, 2.05) is 18.2 Å². The van der Waals surface area contributed by atoms with Gasteiger partial charge in [-0.05, 0) is 29.5 Å². The summed E-state index contributed by atoms with van der Waals surface area (Å²) in [4.78, 5) is 38.7. The molecular weight excluding hydrogens is 352 g/mol. The van der Waals surface area contributed by atoms with Crippen LogP contribution in [-0.4, -0.2) is 37.5 Å². The summed E-state index contributed by atoms with van der Waals surface area (Å²) in [6.07, 6.45) is 0. The lowest BCUT2D eigenvalue weighted by molar-refractivity contribution is -0.150. The van der Waals surface area contributed by atoms with Crippen molar-refractivity contribution >= 4 is 34.8 Å². The Morgan fingerprint density at radius 1 is 1.12 bits per heavy atom. The standard InChI is InChI=1S/C19H22N2O4S/c1-13(2)17(20-18(23)15-10-7-11-26-15)19(24)25-12-16(22)21(3)14-8-5-4-6-9-14/h4-11,13,17H,12H2,1-3H3,(H,20,23)/t17-/m1/s1. The molecule has 1 aromatic carbocycles. The van der Waals surface area contributed by atoms with Gasteiger partial charge in [0.15, 0.2) is 6.61 Å². The number of hydrogen-bond acceptors (Lipinski definition) is 5. The van der Waals surface area contributed by atoms with Crippen molar-refractivity contribution in [1.82, 2.24) is 5.32 Å². The van der Waals surface area contributed by atoms with Crippen LogP contribution >= 0.6 is 11.3 Å². The normalized spacial score (nSPS) is 11.7. The Morgan fingerprint density at radius 3 is 2.38 bits per heavy atom. The molecule has 138 valence electrons. The third kappa shape index (κ3) is 5.16. The molecular formula is C19H22N2O4S. The number of anilines is 1. The molecule has 2 amide bonds. The number of hydrogen-bond donors (Lipinski definition) is 1. The number of nitrogens with one attached hydrogen (secondary N) is 1. The lowest BCUT2D eigenvalue weighted by Crippen LogP contribution is -2.46. The largest absolute Gasteiger partial charge is 0.454 e. The van der Waals surface area contributed by atoms with Crippen LogP contribution in [-0.2, 0) is 14.3 Å². The van der Waals surface area contributed by atoms with Crippen LogP contribution in [0.25, 0.3) is 0 Å². The van der Waals surface area contributed by atoms with Crippen molar-refractivity contribution in [3.05, 3.63) is 52.7 Å². The van der Waals surface area contributed by atoms with Crippen LogP contribution in [0.4, 0.5) is 5.69 Å². The number of amides is 2. The van der Waals surface area contributed by atoms with Crippen molar-refractivity contribution in [2.24, 2.45) is 5.92 Å². The molecule has 0 fully saturated rings. The number of nitrogens with zero attached hydrogens (tertiary/aromatic N) is 1. The van der Waals surface area contributed by atoms with Crippen molar-refractivity contribution in [1.29, 1.82) is 0 Å². The summed E-state index contributed by atoms with van der Waals surface area (Å²) in [5.74, 6) is -1.48. The Labute approximate surface area is 156 Å². The average molecular weight is 374 g/mol. The average Bonchev–Trinajstić information content (AvgIpc) is 3.18. The van der Waals surface area contributed by atoms with E-state index in [1.165, 1.54) is 16.2 Å². The predicted octanol–water partition coefficient (Wildman–Crippen LogP) is 2.71. The molecule has 0 radical (unpaired) electrons.